The number of rotatable bonds is 6. The first-order valence-electron chi connectivity index (χ1n) is 9.70. The number of halogens is 1. The van der Waals surface area contributed by atoms with Crippen molar-refractivity contribution in [1.29, 1.82) is 0 Å². The number of benzene rings is 2. The lowest BCUT2D eigenvalue weighted by Gasteiger charge is -2.29. The summed E-state index contributed by atoms with van der Waals surface area (Å²) in [5.74, 6) is -0.276. The summed E-state index contributed by atoms with van der Waals surface area (Å²) >= 11 is 0. The Labute approximate surface area is 169 Å². The van der Waals surface area contributed by atoms with Gasteiger partial charge in [0.25, 0.3) is 0 Å². The van der Waals surface area contributed by atoms with Gasteiger partial charge in [0.15, 0.2) is 0 Å². The standard InChI is InChI=1S/C23H23FN2O3/c24-18-8-6-17(7-9-18)22(16-21-5-2-12-29-21)23(27)25-19-3-1-4-20(15-19)26-10-13-28-14-11-26/h1-9,12,15,22H,10-11,13-14,16H2,(H,25,27). The number of morpholine rings is 1. The fourth-order valence-corrected chi connectivity index (χ4v) is 3.52. The van der Waals surface area contributed by atoms with Crippen LogP contribution in [0.15, 0.2) is 71.3 Å². The van der Waals surface area contributed by atoms with Crippen molar-refractivity contribution in [3.63, 3.8) is 0 Å². The van der Waals surface area contributed by atoms with Gasteiger partial charge in [0.1, 0.15) is 11.6 Å². The minimum atomic E-state index is -0.492. The van der Waals surface area contributed by atoms with E-state index in [4.69, 9.17) is 9.15 Å². The molecule has 1 amide bonds. The van der Waals surface area contributed by atoms with E-state index in [0.29, 0.717) is 25.4 Å². The Morgan fingerprint density at radius 1 is 1.07 bits per heavy atom. The van der Waals surface area contributed by atoms with E-state index in [0.717, 1.165) is 30.0 Å². The largest absolute Gasteiger partial charge is 0.469 e. The van der Waals surface area contributed by atoms with Crippen molar-refractivity contribution in [2.24, 2.45) is 0 Å². The van der Waals surface area contributed by atoms with Crippen LogP contribution in [0.2, 0.25) is 0 Å². The van der Waals surface area contributed by atoms with E-state index < -0.39 is 5.92 Å². The first kappa shape index (κ1) is 19.2. The maximum atomic E-state index is 13.4. The van der Waals surface area contributed by atoms with Gasteiger partial charge < -0.3 is 19.4 Å². The van der Waals surface area contributed by atoms with Crippen LogP contribution in [0.3, 0.4) is 0 Å². The Bertz CT molecular complexity index is 935. The molecule has 5 nitrogen and oxygen atoms in total. The van der Waals surface area contributed by atoms with Gasteiger partial charge in [0.2, 0.25) is 5.91 Å². The molecule has 1 atom stereocenters. The number of anilines is 2. The smallest absolute Gasteiger partial charge is 0.232 e. The van der Waals surface area contributed by atoms with Crippen molar-refractivity contribution in [3.05, 3.63) is 84.1 Å². The SMILES string of the molecule is O=C(Nc1cccc(N2CCOCC2)c1)C(Cc1ccco1)c1ccc(F)cc1. The second kappa shape index (κ2) is 8.92. The number of nitrogens with one attached hydrogen (secondary N) is 1. The van der Waals surface area contributed by atoms with E-state index >= 15 is 0 Å². The van der Waals surface area contributed by atoms with Crippen molar-refractivity contribution >= 4 is 17.3 Å². The van der Waals surface area contributed by atoms with Gasteiger partial charge >= 0.3 is 0 Å². The maximum absolute atomic E-state index is 13.4. The molecule has 1 aromatic heterocycles. The average molecular weight is 394 g/mol. The molecule has 3 aromatic rings. The molecule has 1 fully saturated rings. The summed E-state index contributed by atoms with van der Waals surface area (Å²) in [5, 5.41) is 3.01. The Morgan fingerprint density at radius 2 is 1.86 bits per heavy atom. The van der Waals surface area contributed by atoms with Crippen LogP contribution in [0.4, 0.5) is 15.8 Å². The van der Waals surface area contributed by atoms with Crippen molar-refractivity contribution in [2.45, 2.75) is 12.3 Å². The van der Waals surface area contributed by atoms with E-state index in [1.54, 1.807) is 24.5 Å². The van der Waals surface area contributed by atoms with Gasteiger partial charge in [-0.3, -0.25) is 4.79 Å². The Morgan fingerprint density at radius 3 is 2.59 bits per heavy atom. The van der Waals surface area contributed by atoms with Crippen LogP contribution in [0.25, 0.3) is 0 Å². The molecule has 150 valence electrons. The fraction of sp³-hybridized carbons (Fsp3) is 0.261. The summed E-state index contributed by atoms with van der Waals surface area (Å²) in [6, 6.07) is 17.5. The molecule has 1 saturated heterocycles. The number of amides is 1. The van der Waals surface area contributed by atoms with E-state index in [-0.39, 0.29) is 11.7 Å². The van der Waals surface area contributed by atoms with Gasteiger partial charge in [0.05, 0.1) is 25.4 Å². The number of hydrogen-bond donors (Lipinski definition) is 1. The number of furan rings is 1. The highest BCUT2D eigenvalue weighted by Gasteiger charge is 2.23. The summed E-state index contributed by atoms with van der Waals surface area (Å²) in [5.41, 5.74) is 2.52. The van der Waals surface area contributed by atoms with Crippen molar-refractivity contribution in [3.8, 4) is 0 Å². The molecule has 4 rings (SSSR count). The summed E-state index contributed by atoms with van der Waals surface area (Å²) in [7, 11) is 0. The quantitative estimate of drug-likeness (QED) is 0.680. The molecule has 1 aliphatic rings. The number of ether oxygens (including phenoxy) is 1. The fourth-order valence-electron chi connectivity index (χ4n) is 3.52. The lowest BCUT2D eigenvalue weighted by atomic mass is 9.93. The van der Waals surface area contributed by atoms with Gasteiger partial charge in [-0.05, 0) is 48.0 Å². The molecule has 29 heavy (non-hydrogen) atoms. The number of carbonyl (C=O) groups is 1. The highest BCUT2D eigenvalue weighted by Crippen LogP contribution is 2.26. The maximum Gasteiger partial charge on any atom is 0.232 e. The lowest BCUT2D eigenvalue weighted by Crippen LogP contribution is -2.36. The first-order valence-corrected chi connectivity index (χ1v) is 9.70. The number of nitrogens with zero attached hydrogens (tertiary/aromatic N) is 1. The lowest BCUT2D eigenvalue weighted by molar-refractivity contribution is -0.117. The molecule has 6 heteroatoms. The van der Waals surface area contributed by atoms with Crippen molar-refractivity contribution in [2.75, 3.05) is 36.5 Å². The molecule has 0 spiro atoms. The van der Waals surface area contributed by atoms with E-state index in [2.05, 4.69) is 10.2 Å². The molecule has 0 radical (unpaired) electrons. The molecule has 0 aliphatic carbocycles. The molecule has 0 saturated carbocycles. The van der Waals surface area contributed by atoms with Crippen molar-refractivity contribution in [1.82, 2.24) is 0 Å². The molecule has 1 unspecified atom stereocenters. The Balaban J connectivity index is 1.53. The summed E-state index contributed by atoms with van der Waals surface area (Å²) in [6.07, 6.45) is 1.98. The molecular formula is C23H23FN2O3. The van der Waals surface area contributed by atoms with Gasteiger partial charge in [-0.25, -0.2) is 4.39 Å². The van der Waals surface area contributed by atoms with Crippen LogP contribution in [-0.2, 0) is 16.0 Å². The second-order valence-electron chi connectivity index (χ2n) is 7.03. The zero-order chi connectivity index (χ0) is 20.1. The van der Waals surface area contributed by atoms with Gasteiger partial charge in [-0.1, -0.05) is 18.2 Å². The highest BCUT2D eigenvalue weighted by atomic mass is 19.1. The molecule has 1 N–H and O–H groups in total. The second-order valence-corrected chi connectivity index (χ2v) is 7.03. The molecule has 1 aliphatic heterocycles. The third kappa shape index (κ3) is 4.84. The number of carbonyl (C=O) groups excluding carboxylic acids is 1. The number of hydrogen-bond acceptors (Lipinski definition) is 4. The summed E-state index contributed by atoms with van der Waals surface area (Å²) in [6.45, 7) is 3.06. The zero-order valence-corrected chi connectivity index (χ0v) is 16.0. The molecule has 2 aromatic carbocycles. The zero-order valence-electron chi connectivity index (χ0n) is 16.0. The minimum Gasteiger partial charge on any atom is -0.469 e. The summed E-state index contributed by atoms with van der Waals surface area (Å²) in [4.78, 5) is 15.4. The van der Waals surface area contributed by atoms with E-state index in [1.807, 2.05) is 30.3 Å². The van der Waals surface area contributed by atoms with Crippen LogP contribution in [0.1, 0.15) is 17.2 Å². The topological polar surface area (TPSA) is 54.7 Å². The normalized spacial score (nSPS) is 15.1. The van der Waals surface area contributed by atoms with Crippen LogP contribution < -0.4 is 10.2 Å². The average Bonchev–Trinajstić information content (AvgIpc) is 3.27. The van der Waals surface area contributed by atoms with Gasteiger partial charge in [-0.2, -0.15) is 0 Å². The predicted molar refractivity (Wildman–Crippen MR) is 110 cm³/mol. The van der Waals surface area contributed by atoms with Gasteiger partial charge in [0, 0.05) is 30.9 Å². The molecular weight excluding hydrogens is 371 g/mol. The molecule has 0 bridgehead atoms. The predicted octanol–water partition coefficient (Wildman–Crippen LogP) is 4.22. The monoisotopic (exact) mass is 394 g/mol. The van der Waals surface area contributed by atoms with Crippen LogP contribution in [0.5, 0.6) is 0 Å². The third-order valence-corrected chi connectivity index (χ3v) is 5.06. The minimum absolute atomic E-state index is 0.160. The Hall–Kier alpha value is -3.12. The third-order valence-electron chi connectivity index (χ3n) is 5.06. The van der Waals surface area contributed by atoms with Crippen LogP contribution in [-0.4, -0.2) is 32.2 Å². The van der Waals surface area contributed by atoms with Crippen LogP contribution >= 0.6 is 0 Å². The molecule has 2 heterocycles. The van der Waals surface area contributed by atoms with Crippen molar-refractivity contribution < 1.29 is 18.3 Å². The first-order chi connectivity index (χ1) is 14.2. The summed E-state index contributed by atoms with van der Waals surface area (Å²) < 4.78 is 24.2. The Kier molecular flexibility index (Phi) is 5.91. The van der Waals surface area contributed by atoms with E-state index in [1.165, 1.54) is 12.1 Å². The highest BCUT2D eigenvalue weighted by molar-refractivity contribution is 5.96. The van der Waals surface area contributed by atoms with Crippen LogP contribution in [0, 0.1) is 5.82 Å². The van der Waals surface area contributed by atoms with Gasteiger partial charge in [-0.15, -0.1) is 0 Å². The van der Waals surface area contributed by atoms with E-state index in [9.17, 15) is 9.18 Å².